The number of hydrogen-bond donors (Lipinski definition) is 2. The molecule has 0 aliphatic heterocycles. The zero-order chi connectivity index (χ0) is 15.1. The number of nitrogens with one attached hydrogen (secondary N) is 1. The Balaban J connectivity index is 1.90. The Morgan fingerprint density at radius 1 is 1.43 bits per heavy atom. The van der Waals surface area contributed by atoms with Gasteiger partial charge in [0.1, 0.15) is 24.0 Å². The topological polar surface area (TPSA) is 86.2 Å². The van der Waals surface area contributed by atoms with Crippen LogP contribution < -0.4 is 11.1 Å². The van der Waals surface area contributed by atoms with E-state index in [4.69, 9.17) is 14.9 Å². The van der Waals surface area contributed by atoms with Gasteiger partial charge in [0.05, 0.1) is 6.26 Å². The van der Waals surface area contributed by atoms with E-state index in [1.54, 1.807) is 12.3 Å². The molecule has 2 heterocycles. The molecule has 0 bridgehead atoms. The van der Waals surface area contributed by atoms with Crippen LogP contribution in [0.4, 0.5) is 11.6 Å². The van der Waals surface area contributed by atoms with Crippen molar-refractivity contribution in [3.05, 3.63) is 36.0 Å². The van der Waals surface area contributed by atoms with Gasteiger partial charge in [0.15, 0.2) is 5.82 Å². The molecule has 0 saturated heterocycles. The van der Waals surface area contributed by atoms with Gasteiger partial charge in [-0.3, -0.25) is 0 Å². The van der Waals surface area contributed by atoms with Crippen molar-refractivity contribution in [3.8, 4) is 0 Å². The van der Waals surface area contributed by atoms with Gasteiger partial charge in [0, 0.05) is 25.1 Å². The summed E-state index contributed by atoms with van der Waals surface area (Å²) in [5, 5.41) is 3.33. The van der Waals surface area contributed by atoms with E-state index in [-0.39, 0.29) is 6.04 Å². The molecular weight excluding hydrogens is 268 g/mol. The smallest absolute Gasteiger partial charge is 0.158 e. The second-order valence-corrected chi connectivity index (χ2v) is 4.89. The highest BCUT2D eigenvalue weighted by atomic mass is 16.5. The number of furan rings is 1. The highest BCUT2D eigenvalue weighted by molar-refractivity contribution is 5.45. The van der Waals surface area contributed by atoms with Crippen molar-refractivity contribution in [2.45, 2.75) is 39.3 Å². The molecule has 0 radical (unpaired) electrons. The first-order valence-corrected chi connectivity index (χ1v) is 7.17. The lowest BCUT2D eigenvalue weighted by molar-refractivity contribution is 0.128. The molecule has 2 aromatic rings. The summed E-state index contributed by atoms with van der Waals surface area (Å²) in [5.41, 5.74) is 5.80. The van der Waals surface area contributed by atoms with Gasteiger partial charge in [-0.2, -0.15) is 0 Å². The fraction of sp³-hybridized carbons (Fsp3) is 0.467. The number of aromatic nitrogens is 2. The van der Waals surface area contributed by atoms with Crippen LogP contribution in [-0.2, 0) is 17.8 Å². The summed E-state index contributed by atoms with van der Waals surface area (Å²) < 4.78 is 10.6. The lowest BCUT2D eigenvalue weighted by Crippen LogP contribution is -2.18. The number of hydrogen-bond acceptors (Lipinski definition) is 6. The number of nitrogen functional groups attached to an aromatic ring is 1. The molecule has 0 spiro atoms. The van der Waals surface area contributed by atoms with E-state index < -0.39 is 0 Å². The molecule has 21 heavy (non-hydrogen) atoms. The normalized spacial score (nSPS) is 12.3. The van der Waals surface area contributed by atoms with Gasteiger partial charge in [-0.1, -0.05) is 0 Å². The maximum atomic E-state index is 5.80. The fourth-order valence-electron chi connectivity index (χ4n) is 1.99. The van der Waals surface area contributed by atoms with Gasteiger partial charge >= 0.3 is 0 Å². The summed E-state index contributed by atoms with van der Waals surface area (Å²) in [6.07, 6.45) is 3.52. The molecule has 0 saturated carbocycles. The van der Waals surface area contributed by atoms with Gasteiger partial charge in [0.2, 0.25) is 0 Å². The summed E-state index contributed by atoms with van der Waals surface area (Å²) >= 11 is 0. The second-order valence-electron chi connectivity index (χ2n) is 4.89. The zero-order valence-corrected chi connectivity index (χ0v) is 12.5. The summed E-state index contributed by atoms with van der Waals surface area (Å²) in [4.78, 5) is 8.56. The molecule has 1 atom stereocenters. The van der Waals surface area contributed by atoms with E-state index in [0.717, 1.165) is 24.4 Å². The van der Waals surface area contributed by atoms with Crippen molar-refractivity contribution in [3.63, 3.8) is 0 Å². The first-order valence-electron chi connectivity index (χ1n) is 7.17. The van der Waals surface area contributed by atoms with Gasteiger partial charge < -0.3 is 20.2 Å². The minimum atomic E-state index is 0.254. The molecule has 0 aromatic carbocycles. The van der Waals surface area contributed by atoms with Crippen LogP contribution >= 0.6 is 0 Å². The molecule has 0 aliphatic rings. The number of rotatable bonds is 8. The highest BCUT2D eigenvalue weighted by Gasteiger charge is 2.08. The number of ether oxygens (including phenoxy) is 1. The molecule has 6 nitrogen and oxygen atoms in total. The van der Waals surface area contributed by atoms with Crippen LogP contribution in [0.25, 0.3) is 0 Å². The number of anilines is 2. The number of nitrogens with zero attached hydrogens (tertiary/aromatic N) is 2. The van der Waals surface area contributed by atoms with Crippen LogP contribution in [-0.4, -0.2) is 22.6 Å². The van der Waals surface area contributed by atoms with Crippen LogP contribution in [0.5, 0.6) is 0 Å². The van der Waals surface area contributed by atoms with Gasteiger partial charge in [-0.25, -0.2) is 9.97 Å². The third kappa shape index (κ3) is 5.07. The Bertz CT molecular complexity index is 543. The predicted octanol–water partition coefficient (Wildman–Crippen LogP) is 2.62. The maximum Gasteiger partial charge on any atom is 0.158 e. The summed E-state index contributed by atoms with van der Waals surface area (Å²) in [6.45, 7) is 5.03. The van der Waals surface area contributed by atoms with Gasteiger partial charge in [-0.05, 0) is 32.4 Å². The maximum absolute atomic E-state index is 5.80. The van der Waals surface area contributed by atoms with Crippen molar-refractivity contribution in [1.29, 1.82) is 0 Å². The lowest BCUT2D eigenvalue weighted by atomic mass is 10.1. The van der Waals surface area contributed by atoms with Gasteiger partial charge in [-0.15, -0.1) is 0 Å². The summed E-state index contributed by atoms with van der Waals surface area (Å²) in [7, 11) is 0. The average Bonchev–Trinajstić information content (AvgIpc) is 2.95. The molecule has 2 rings (SSSR count). The monoisotopic (exact) mass is 290 g/mol. The molecule has 3 N–H and O–H groups in total. The zero-order valence-electron chi connectivity index (χ0n) is 12.5. The van der Waals surface area contributed by atoms with Crippen molar-refractivity contribution in [2.24, 2.45) is 0 Å². The molecule has 1 unspecified atom stereocenters. The Hall–Kier alpha value is -2.08. The summed E-state index contributed by atoms with van der Waals surface area (Å²) in [6, 6.07) is 5.87. The van der Waals surface area contributed by atoms with E-state index in [1.165, 1.54) is 0 Å². The fourth-order valence-corrected chi connectivity index (χ4v) is 1.99. The third-order valence-corrected chi connectivity index (χ3v) is 3.03. The SMILES string of the molecule is CCOCc1nc(N)cc(NC(C)CCc2ccco2)n1. The van der Waals surface area contributed by atoms with Crippen molar-refractivity contribution < 1.29 is 9.15 Å². The van der Waals surface area contributed by atoms with Crippen LogP contribution in [0.1, 0.15) is 31.9 Å². The van der Waals surface area contributed by atoms with E-state index in [1.807, 2.05) is 19.1 Å². The molecule has 0 fully saturated rings. The molecule has 2 aromatic heterocycles. The standard InChI is InChI=1S/C15H22N4O2/c1-3-20-10-15-18-13(16)9-14(19-15)17-11(2)6-7-12-5-4-8-21-12/h4-5,8-9,11H,3,6-7,10H2,1-2H3,(H3,16,17,18,19). The van der Waals surface area contributed by atoms with Gasteiger partial charge in [0.25, 0.3) is 0 Å². The number of nitrogens with two attached hydrogens (primary N) is 1. The molecule has 0 amide bonds. The quantitative estimate of drug-likeness (QED) is 0.777. The van der Waals surface area contributed by atoms with Crippen LogP contribution in [0.3, 0.4) is 0 Å². The van der Waals surface area contributed by atoms with E-state index in [0.29, 0.717) is 24.9 Å². The number of aryl methyl sites for hydroxylation is 1. The third-order valence-electron chi connectivity index (χ3n) is 3.03. The Labute approximate surface area is 124 Å². The Morgan fingerprint density at radius 3 is 3.00 bits per heavy atom. The van der Waals surface area contributed by atoms with E-state index >= 15 is 0 Å². The Kier molecular flexibility index (Phi) is 5.57. The summed E-state index contributed by atoms with van der Waals surface area (Å²) in [5.74, 6) is 2.75. The van der Waals surface area contributed by atoms with Crippen LogP contribution in [0.2, 0.25) is 0 Å². The van der Waals surface area contributed by atoms with E-state index in [9.17, 15) is 0 Å². The lowest BCUT2D eigenvalue weighted by Gasteiger charge is -2.14. The van der Waals surface area contributed by atoms with Crippen LogP contribution in [0, 0.1) is 0 Å². The first-order chi connectivity index (χ1) is 10.2. The van der Waals surface area contributed by atoms with Crippen molar-refractivity contribution in [1.82, 2.24) is 9.97 Å². The van der Waals surface area contributed by atoms with E-state index in [2.05, 4.69) is 22.2 Å². The first kappa shape index (κ1) is 15.3. The average molecular weight is 290 g/mol. The molecule has 0 aliphatic carbocycles. The van der Waals surface area contributed by atoms with Crippen LogP contribution in [0.15, 0.2) is 28.9 Å². The molecule has 6 heteroatoms. The van der Waals surface area contributed by atoms with Crippen molar-refractivity contribution in [2.75, 3.05) is 17.7 Å². The Morgan fingerprint density at radius 2 is 2.29 bits per heavy atom. The minimum Gasteiger partial charge on any atom is -0.469 e. The predicted molar refractivity (Wildman–Crippen MR) is 81.9 cm³/mol. The molecule has 114 valence electrons. The largest absolute Gasteiger partial charge is 0.469 e. The molecular formula is C15H22N4O2. The second kappa shape index (κ2) is 7.64. The minimum absolute atomic E-state index is 0.254. The van der Waals surface area contributed by atoms with Crippen molar-refractivity contribution >= 4 is 11.6 Å². The highest BCUT2D eigenvalue weighted by Crippen LogP contribution is 2.13.